The van der Waals surface area contributed by atoms with Crippen LogP contribution in [0.4, 0.5) is 0 Å². The molecule has 3 unspecified atom stereocenters. The third-order valence-electron chi connectivity index (χ3n) is 10.1. The lowest BCUT2D eigenvalue weighted by molar-refractivity contribution is 0.0793. The first-order valence-electron chi connectivity index (χ1n) is 17.2. The van der Waals surface area contributed by atoms with Gasteiger partial charge in [0.25, 0.3) is 5.91 Å². The summed E-state index contributed by atoms with van der Waals surface area (Å²) in [5.41, 5.74) is 10.1. The van der Waals surface area contributed by atoms with E-state index in [0.29, 0.717) is 17.8 Å². The summed E-state index contributed by atoms with van der Waals surface area (Å²) in [5.74, 6) is 1.58. The molecule has 46 heavy (non-hydrogen) atoms. The van der Waals surface area contributed by atoms with Gasteiger partial charge in [0.1, 0.15) is 0 Å². The molecular weight excluding hydrogens is 558 g/mol. The lowest BCUT2D eigenvalue weighted by atomic mass is 9.82. The van der Waals surface area contributed by atoms with E-state index in [9.17, 15) is 4.79 Å². The molecular formula is C44H47NO. The molecule has 0 spiro atoms. The maximum absolute atomic E-state index is 12.9. The normalized spacial score (nSPS) is 15.0. The Morgan fingerprint density at radius 2 is 1.02 bits per heavy atom. The molecule has 1 aliphatic heterocycles. The smallest absolute Gasteiger partial charge is 0.253 e. The van der Waals surface area contributed by atoms with Crippen LogP contribution in [-0.4, -0.2) is 23.9 Å². The number of carbonyl (C=O) groups excluding carboxylic acids is 1. The Balaban J connectivity index is 1.15. The first-order valence-corrected chi connectivity index (χ1v) is 17.2. The van der Waals surface area contributed by atoms with E-state index in [4.69, 9.17) is 0 Å². The number of hydrogen-bond acceptors (Lipinski definition) is 1. The van der Waals surface area contributed by atoms with Crippen molar-refractivity contribution in [3.8, 4) is 22.3 Å². The van der Waals surface area contributed by atoms with Crippen LogP contribution >= 0.6 is 0 Å². The molecule has 3 atom stereocenters. The van der Waals surface area contributed by atoms with Crippen molar-refractivity contribution < 1.29 is 4.79 Å². The highest BCUT2D eigenvalue weighted by Crippen LogP contribution is 2.36. The molecule has 5 aromatic rings. The average Bonchev–Trinajstić information content (AvgIpc) is 3.67. The average molecular weight is 606 g/mol. The van der Waals surface area contributed by atoms with Crippen LogP contribution < -0.4 is 0 Å². The van der Waals surface area contributed by atoms with Crippen LogP contribution in [0.2, 0.25) is 0 Å². The zero-order chi connectivity index (χ0) is 31.7. The van der Waals surface area contributed by atoms with Gasteiger partial charge in [0.15, 0.2) is 0 Å². The highest BCUT2D eigenvalue weighted by Gasteiger charge is 2.21. The van der Waals surface area contributed by atoms with Crippen molar-refractivity contribution in [2.24, 2.45) is 0 Å². The fourth-order valence-electron chi connectivity index (χ4n) is 7.00. The summed E-state index contributed by atoms with van der Waals surface area (Å²) in [5, 5.41) is 0. The first kappa shape index (κ1) is 31.5. The summed E-state index contributed by atoms with van der Waals surface area (Å²) >= 11 is 0. The molecule has 5 aromatic carbocycles. The highest BCUT2D eigenvalue weighted by molar-refractivity contribution is 5.94. The van der Waals surface area contributed by atoms with E-state index >= 15 is 0 Å². The summed E-state index contributed by atoms with van der Waals surface area (Å²) < 4.78 is 0. The lowest BCUT2D eigenvalue weighted by Crippen LogP contribution is -2.27. The van der Waals surface area contributed by atoms with Crippen LogP contribution in [0, 0.1) is 0 Å². The van der Waals surface area contributed by atoms with E-state index in [1.165, 1.54) is 38.9 Å². The number of likely N-dealkylation sites (tertiary alicyclic amines) is 1. The Labute approximate surface area is 276 Å². The van der Waals surface area contributed by atoms with Crippen LogP contribution in [0.1, 0.15) is 97.2 Å². The van der Waals surface area contributed by atoms with Crippen LogP contribution in [0.5, 0.6) is 0 Å². The SMILES string of the molecule is CC(CCC(CCC(C)c1cccc(-c2ccccc2)c1)c1ccc(-c2ccccc2)cc1)c1ccc(C(=O)N2CCCC2)cc1. The molecule has 234 valence electrons. The predicted molar refractivity (Wildman–Crippen MR) is 193 cm³/mol. The second-order valence-electron chi connectivity index (χ2n) is 13.3. The minimum Gasteiger partial charge on any atom is -0.339 e. The molecule has 1 heterocycles. The predicted octanol–water partition coefficient (Wildman–Crippen LogP) is 11.5. The molecule has 0 bridgehead atoms. The molecule has 2 nitrogen and oxygen atoms in total. The highest BCUT2D eigenvalue weighted by atomic mass is 16.2. The first-order chi connectivity index (χ1) is 22.5. The molecule has 1 saturated heterocycles. The van der Waals surface area contributed by atoms with Crippen molar-refractivity contribution in [1.29, 1.82) is 0 Å². The van der Waals surface area contributed by atoms with Crippen LogP contribution in [0.15, 0.2) is 133 Å². The van der Waals surface area contributed by atoms with E-state index < -0.39 is 0 Å². The van der Waals surface area contributed by atoms with E-state index in [1.54, 1.807) is 0 Å². The molecule has 1 aliphatic rings. The quantitative estimate of drug-likeness (QED) is 0.139. The molecule has 0 saturated carbocycles. The largest absolute Gasteiger partial charge is 0.339 e. The Morgan fingerprint density at radius 3 is 1.63 bits per heavy atom. The Morgan fingerprint density at radius 1 is 0.522 bits per heavy atom. The third kappa shape index (κ3) is 7.85. The van der Waals surface area contributed by atoms with Gasteiger partial charge in [-0.05, 0) is 107 Å². The second-order valence-corrected chi connectivity index (χ2v) is 13.3. The minimum atomic E-state index is 0.180. The molecule has 2 heteroatoms. The van der Waals surface area contributed by atoms with E-state index in [1.807, 2.05) is 17.0 Å². The Bertz CT molecular complexity index is 1670. The third-order valence-corrected chi connectivity index (χ3v) is 10.1. The fraction of sp³-hybridized carbons (Fsp3) is 0.295. The fourth-order valence-corrected chi connectivity index (χ4v) is 7.00. The van der Waals surface area contributed by atoms with Gasteiger partial charge in [0.2, 0.25) is 0 Å². The number of amides is 1. The molecule has 0 aliphatic carbocycles. The van der Waals surface area contributed by atoms with Gasteiger partial charge in [-0.25, -0.2) is 0 Å². The number of benzene rings is 5. The molecule has 1 amide bonds. The molecule has 1 fully saturated rings. The van der Waals surface area contributed by atoms with Crippen LogP contribution in [-0.2, 0) is 0 Å². The number of hydrogen-bond donors (Lipinski definition) is 0. The van der Waals surface area contributed by atoms with Gasteiger partial charge < -0.3 is 4.90 Å². The molecule has 6 rings (SSSR count). The van der Waals surface area contributed by atoms with E-state index in [2.05, 4.69) is 135 Å². The summed E-state index contributed by atoms with van der Waals surface area (Å²) in [7, 11) is 0. The maximum Gasteiger partial charge on any atom is 0.253 e. The maximum atomic E-state index is 12.9. The topological polar surface area (TPSA) is 20.3 Å². The monoisotopic (exact) mass is 605 g/mol. The van der Waals surface area contributed by atoms with Gasteiger partial charge in [-0.15, -0.1) is 0 Å². The van der Waals surface area contributed by atoms with Crippen molar-refractivity contribution in [1.82, 2.24) is 4.90 Å². The van der Waals surface area contributed by atoms with Crippen molar-refractivity contribution in [2.45, 2.75) is 70.1 Å². The number of carbonyl (C=O) groups is 1. The van der Waals surface area contributed by atoms with Crippen molar-refractivity contribution >= 4 is 5.91 Å². The Kier molecular flexibility index (Phi) is 10.4. The van der Waals surface area contributed by atoms with Gasteiger partial charge >= 0.3 is 0 Å². The van der Waals surface area contributed by atoms with Crippen molar-refractivity contribution in [3.63, 3.8) is 0 Å². The van der Waals surface area contributed by atoms with Gasteiger partial charge in [0.05, 0.1) is 0 Å². The van der Waals surface area contributed by atoms with Gasteiger partial charge in [0, 0.05) is 18.7 Å². The minimum absolute atomic E-state index is 0.180. The summed E-state index contributed by atoms with van der Waals surface area (Å²) in [4.78, 5) is 14.9. The zero-order valence-corrected chi connectivity index (χ0v) is 27.4. The summed E-state index contributed by atoms with van der Waals surface area (Å²) in [6.07, 6.45) is 6.79. The molecule has 0 radical (unpaired) electrons. The van der Waals surface area contributed by atoms with E-state index in [-0.39, 0.29) is 5.91 Å². The van der Waals surface area contributed by atoms with Crippen molar-refractivity contribution in [3.05, 3.63) is 156 Å². The van der Waals surface area contributed by atoms with Gasteiger partial charge in [-0.1, -0.05) is 135 Å². The molecule has 0 N–H and O–H groups in total. The van der Waals surface area contributed by atoms with E-state index in [0.717, 1.165) is 57.2 Å². The van der Waals surface area contributed by atoms with Gasteiger partial charge in [-0.3, -0.25) is 4.79 Å². The zero-order valence-electron chi connectivity index (χ0n) is 27.4. The standard InChI is InChI=1S/C44H47NO/c1-33(35-22-28-41(29-23-35)44(46)45-30-9-10-31-45)18-20-38(40-26-24-39(25-27-40)36-12-5-3-6-13-36)21-19-34(2)42-16-11-17-43(32-42)37-14-7-4-8-15-37/h3-8,11-17,22-29,32-34,38H,9-10,18-21,30-31H2,1-2H3. The molecule has 0 aromatic heterocycles. The number of rotatable bonds is 12. The van der Waals surface area contributed by atoms with Crippen LogP contribution in [0.25, 0.3) is 22.3 Å². The number of nitrogens with zero attached hydrogens (tertiary/aromatic N) is 1. The summed E-state index contributed by atoms with van der Waals surface area (Å²) in [6, 6.07) is 48.2. The second kappa shape index (κ2) is 15.2. The lowest BCUT2D eigenvalue weighted by Gasteiger charge is -2.23. The van der Waals surface area contributed by atoms with Crippen LogP contribution in [0.3, 0.4) is 0 Å². The Hall–Kier alpha value is -4.43. The van der Waals surface area contributed by atoms with Gasteiger partial charge in [-0.2, -0.15) is 0 Å². The van der Waals surface area contributed by atoms with Crippen molar-refractivity contribution in [2.75, 3.05) is 13.1 Å². The summed E-state index contributed by atoms with van der Waals surface area (Å²) in [6.45, 7) is 6.50.